The fraction of sp³-hybridized carbons (Fsp3) is 0.409. The third-order valence-corrected chi connectivity index (χ3v) is 7.06. The van der Waals surface area contributed by atoms with Gasteiger partial charge in [0, 0.05) is 13.1 Å². The summed E-state index contributed by atoms with van der Waals surface area (Å²) in [5.74, 6) is 0.298. The van der Waals surface area contributed by atoms with Crippen molar-refractivity contribution in [2.24, 2.45) is 0 Å². The number of halogens is 1. The monoisotopic (exact) mass is 417 g/mol. The summed E-state index contributed by atoms with van der Waals surface area (Å²) in [5.41, 5.74) is 2.65. The average Bonchev–Trinajstić information content (AvgIpc) is 3.15. The highest BCUT2D eigenvalue weighted by Crippen LogP contribution is 2.22. The van der Waals surface area contributed by atoms with Gasteiger partial charge in [-0.2, -0.15) is 0 Å². The van der Waals surface area contributed by atoms with Crippen molar-refractivity contribution in [3.8, 4) is 0 Å². The topological polar surface area (TPSA) is 29.2 Å². The van der Waals surface area contributed by atoms with Crippen LogP contribution in [-0.2, 0) is 11.3 Å². The van der Waals surface area contributed by atoms with Crippen molar-refractivity contribution in [2.45, 2.75) is 13.0 Å². The molecule has 2 aromatic rings. The number of nitrogens with one attached hydrogen (secondary N) is 2. The average molecular weight is 418 g/mol. The molecule has 0 spiro atoms. The lowest BCUT2D eigenvalue weighted by molar-refractivity contribution is -1.02. The van der Waals surface area contributed by atoms with Crippen molar-refractivity contribution >= 4 is 34.4 Å². The number of carbonyl (C=O) groups is 1. The van der Waals surface area contributed by atoms with Crippen LogP contribution in [0.4, 0.5) is 0 Å². The van der Waals surface area contributed by atoms with Gasteiger partial charge in [0.1, 0.15) is 32.7 Å². The molecule has 28 heavy (non-hydrogen) atoms. The Morgan fingerprint density at radius 3 is 2.43 bits per heavy atom. The van der Waals surface area contributed by atoms with E-state index in [0.29, 0.717) is 12.5 Å². The van der Waals surface area contributed by atoms with Crippen LogP contribution in [-0.4, -0.2) is 56.6 Å². The summed E-state index contributed by atoms with van der Waals surface area (Å²) in [5, 5.41) is 0. The van der Waals surface area contributed by atoms with Crippen molar-refractivity contribution in [1.82, 2.24) is 4.90 Å². The van der Waals surface area contributed by atoms with Crippen molar-refractivity contribution in [2.75, 3.05) is 45.8 Å². The van der Waals surface area contributed by atoms with Crippen LogP contribution in [0.3, 0.4) is 0 Å². The zero-order chi connectivity index (χ0) is 19.3. The molecule has 4 nitrogen and oxygen atoms in total. The van der Waals surface area contributed by atoms with E-state index in [1.807, 2.05) is 17.0 Å². The molecule has 2 aliphatic heterocycles. The minimum atomic E-state index is 0.298. The molecule has 3 heterocycles. The van der Waals surface area contributed by atoms with Crippen molar-refractivity contribution < 1.29 is 14.6 Å². The van der Waals surface area contributed by atoms with Gasteiger partial charge in [0.25, 0.3) is 5.91 Å². The van der Waals surface area contributed by atoms with Gasteiger partial charge in [-0.05, 0) is 29.7 Å². The highest BCUT2D eigenvalue weighted by molar-refractivity contribution is 7.16. The molecule has 2 aliphatic rings. The number of nitrogens with zero attached hydrogens (tertiary/aromatic N) is 1. The summed E-state index contributed by atoms with van der Waals surface area (Å²) in [4.78, 5) is 19.1. The van der Waals surface area contributed by atoms with Gasteiger partial charge >= 0.3 is 0 Å². The SMILES string of the molecule is O=C(C[NH+]1CC[NH+](Cc2ccc(Cl)s2)CC1)N1CC=C(c2ccccc2)CC1. The Balaban J connectivity index is 1.22. The van der Waals surface area contributed by atoms with Gasteiger partial charge in [-0.3, -0.25) is 4.79 Å². The maximum Gasteiger partial charge on any atom is 0.278 e. The van der Waals surface area contributed by atoms with Crippen LogP contribution in [0.2, 0.25) is 4.34 Å². The number of hydrogen-bond acceptors (Lipinski definition) is 2. The summed E-state index contributed by atoms with van der Waals surface area (Å²) in [6.45, 7) is 7.64. The highest BCUT2D eigenvalue weighted by Gasteiger charge is 2.27. The molecule has 0 unspecified atom stereocenters. The van der Waals surface area contributed by atoms with Gasteiger partial charge in [0.05, 0.1) is 9.21 Å². The second kappa shape index (κ2) is 9.23. The standard InChI is InChI=1S/C22H26ClN3OS/c23-21-7-6-20(28-21)16-24-12-14-25(15-13-24)17-22(27)26-10-8-19(9-11-26)18-4-2-1-3-5-18/h1-8H,9-17H2/p+2. The van der Waals surface area contributed by atoms with Gasteiger partial charge in [-0.15, -0.1) is 11.3 Å². The molecule has 1 fully saturated rings. The second-order valence-corrected chi connectivity index (χ2v) is 9.54. The molecule has 1 amide bonds. The van der Waals surface area contributed by atoms with E-state index >= 15 is 0 Å². The second-order valence-electron chi connectivity index (χ2n) is 7.74. The minimum absolute atomic E-state index is 0.298. The molecule has 148 valence electrons. The predicted molar refractivity (Wildman–Crippen MR) is 115 cm³/mol. The maximum absolute atomic E-state index is 12.7. The molecule has 2 N–H and O–H groups in total. The van der Waals surface area contributed by atoms with E-state index in [-0.39, 0.29) is 0 Å². The van der Waals surface area contributed by atoms with Crippen LogP contribution in [0.1, 0.15) is 16.9 Å². The predicted octanol–water partition coefficient (Wildman–Crippen LogP) is 1.00. The molecule has 0 bridgehead atoms. The Bertz CT molecular complexity index is 827. The first kappa shape index (κ1) is 19.6. The van der Waals surface area contributed by atoms with E-state index in [9.17, 15) is 4.79 Å². The molecule has 1 saturated heterocycles. The summed E-state index contributed by atoms with van der Waals surface area (Å²) in [6.07, 6.45) is 3.17. The Hall–Kier alpha value is -1.66. The first-order valence-electron chi connectivity index (χ1n) is 10.1. The molecule has 6 heteroatoms. The number of amides is 1. The molecular weight excluding hydrogens is 390 g/mol. The Morgan fingerprint density at radius 1 is 1.04 bits per heavy atom. The Kier molecular flexibility index (Phi) is 6.47. The quantitative estimate of drug-likeness (QED) is 0.746. The van der Waals surface area contributed by atoms with Crippen LogP contribution < -0.4 is 9.80 Å². The first-order valence-corrected chi connectivity index (χ1v) is 11.3. The number of benzene rings is 1. The zero-order valence-electron chi connectivity index (χ0n) is 16.1. The summed E-state index contributed by atoms with van der Waals surface area (Å²) < 4.78 is 0.871. The van der Waals surface area contributed by atoms with Gasteiger partial charge in [-0.1, -0.05) is 48.0 Å². The number of quaternary nitrogens is 2. The summed E-state index contributed by atoms with van der Waals surface area (Å²) >= 11 is 7.72. The lowest BCUT2D eigenvalue weighted by Gasteiger charge is -2.31. The number of rotatable bonds is 5. The number of hydrogen-bond donors (Lipinski definition) is 2. The zero-order valence-corrected chi connectivity index (χ0v) is 17.7. The van der Waals surface area contributed by atoms with E-state index in [4.69, 9.17) is 11.6 Å². The highest BCUT2D eigenvalue weighted by atomic mass is 35.5. The molecule has 0 atom stereocenters. The van der Waals surface area contributed by atoms with E-state index in [1.54, 1.807) is 16.2 Å². The van der Waals surface area contributed by atoms with Crippen LogP contribution in [0.5, 0.6) is 0 Å². The normalized spacial score (nSPS) is 22.8. The molecule has 1 aromatic carbocycles. The van der Waals surface area contributed by atoms with E-state index in [1.165, 1.54) is 20.9 Å². The Labute approximate surface area is 176 Å². The molecule has 4 rings (SSSR count). The lowest BCUT2D eigenvalue weighted by Crippen LogP contribution is -3.28. The smallest absolute Gasteiger partial charge is 0.278 e. The largest absolute Gasteiger partial charge is 0.334 e. The van der Waals surface area contributed by atoms with Crippen LogP contribution in [0.15, 0.2) is 48.5 Å². The van der Waals surface area contributed by atoms with E-state index in [0.717, 1.165) is 56.6 Å². The molecule has 1 aromatic heterocycles. The lowest BCUT2D eigenvalue weighted by atomic mass is 9.99. The van der Waals surface area contributed by atoms with Crippen molar-refractivity contribution in [3.63, 3.8) is 0 Å². The van der Waals surface area contributed by atoms with Crippen molar-refractivity contribution in [3.05, 3.63) is 63.3 Å². The van der Waals surface area contributed by atoms with Gasteiger partial charge < -0.3 is 14.7 Å². The van der Waals surface area contributed by atoms with Crippen LogP contribution in [0, 0.1) is 0 Å². The van der Waals surface area contributed by atoms with Crippen molar-refractivity contribution in [1.29, 1.82) is 0 Å². The van der Waals surface area contributed by atoms with E-state index < -0.39 is 0 Å². The Morgan fingerprint density at radius 2 is 1.79 bits per heavy atom. The summed E-state index contributed by atoms with van der Waals surface area (Å²) in [7, 11) is 0. The van der Waals surface area contributed by atoms with Gasteiger partial charge in [-0.25, -0.2) is 0 Å². The van der Waals surface area contributed by atoms with Gasteiger partial charge in [0.2, 0.25) is 0 Å². The summed E-state index contributed by atoms with van der Waals surface area (Å²) in [6, 6.07) is 14.6. The fourth-order valence-corrected chi connectivity index (χ4v) is 5.30. The van der Waals surface area contributed by atoms with Crippen LogP contribution in [0.25, 0.3) is 5.57 Å². The fourth-order valence-electron chi connectivity index (χ4n) is 4.14. The first-order chi connectivity index (χ1) is 13.7. The molecule has 0 radical (unpaired) electrons. The molecular formula is C22H28ClN3OS+2. The number of carbonyl (C=O) groups excluding carboxylic acids is 1. The molecule has 0 saturated carbocycles. The number of thiophene rings is 1. The number of piperazine rings is 1. The third kappa shape index (κ3) is 5.03. The van der Waals surface area contributed by atoms with Crippen LogP contribution >= 0.6 is 22.9 Å². The van der Waals surface area contributed by atoms with Gasteiger partial charge in [0.15, 0.2) is 6.54 Å². The maximum atomic E-state index is 12.7. The molecule has 0 aliphatic carbocycles. The third-order valence-electron chi connectivity index (χ3n) is 5.82. The minimum Gasteiger partial charge on any atom is -0.334 e. The van der Waals surface area contributed by atoms with E-state index in [2.05, 4.69) is 36.4 Å².